The number of alkyl halides is 2. The molecule has 0 radical (unpaired) electrons. The van der Waals surface area contributed by atoms with E-state index in [1.54, 1.807) is 4.57 Å². The number of hydrogen-bond donors (Lipinski definition) is 1. The van der Waals surface area contributed by atoms with Gasteiger partial charge in [0, 0.05) is 19.0 Å². The van der Waals surface area contributed by atoms with Crippen LogP contribution >= 0.6 is 0 Å². The van der Waals surface area contributed by atoms with Crippen LogP contribution in [0.1, 0.15) is 30.6 Å². The Labute approximate surface area is 96.4 Å². The van der Waals surface area contributed by atoms with Crippen LogP contribution in [0.2, 0.25) is 0 Å². The quantitative estimate of drug-likeness (QED) is 0.830. The summed E-state index contributed by atoms with van der Waals surface area (Å²) in [5, 5.41) is 7.15. The van der Waals surface area contributed by atoms with Crippen molar-refractivity contribution in [1.82, 2.24) is 19.7 Å². The second-order valence-corrected chi connectivity index (χ2v) is 4.67. The zero-order chi connectivity index (χ0) is 12.0. The number of nitrogens with one attached hydrogen (secondary N) is 1. The Bertz CT molecular complexity index is 473. The van der Waals surface area contributed by atoms with Crippen LogP contribution < -0.4 is 11.0 Å². The predicted octanol–water partition coefficient (Wildman–Crippen LogP) is 0.332. The Morgan fingerprint density at radius 3 is 2.59 bits per heavy atom. The van der Waals surface area contributed by atoms with Crippen LogP contribution in [-0.4, -0.2) is 33.9 Å². The highest BCUT2D eigenvalue weighted by molar-refractivity contribution is 5.08. The lowest BCUT2D eigenvalue weighted by Crippen LogP contribution is -2.47. The molecular formula is C10H14F2N4O. The third-order valence-corrected chi connectivity index (χ3v) is 3.28. The SMILES string of the molecule is O=c1n(CC(F)F)nc(C2CC2)n1C1CNC1. The van der Waals surface area contributed by atoms with Gasteiger partial charge in [-0.25, -0.2) is 18.3 Å². The van der Waals surface area contributed by atoms with E-state index >= 15 is 0 Å². The largest absolute Gasteiger partial charge is 0.346 e. The third-order valence-electron chi connectivity index (χ3n) is 3.28. The Morgan fingerprint density at radius 2 is 2.12 bits per heavy atom. The van der Waals surface area contributed by atoms with Crippen molar-refractivity contribution in [3.63, 3.8) is 0 Å². The highest BCUT2D eigenvalue weighted by Crippen LogP contribution is 2.39. The lowest BCUT2D eigenvalue weighted by molar-refractivity contribution is 0.119. The third kappa shape index (κ3) is 1.88. The molecular weight excluding hydrogens is 230 g/mol. The van der Waals surface area contributed by atoms with Crippen molar-refractivity contribution in [3.05, 3.63) is 16.3 Å². The molecule has 0 amide bonds. The standard InChI is InChI=1S/C10H14F2N4O/c11-8(12)5-15-10(17)16(7-3-13-4-7)9(14-15)6-1-2-6/h6-8,13H,1-5H2. The van der Waals surface area contributed by atoms with Crippen molar-refractivity contribution in [2.75, 3.05) is 13.1 Å². The van der Waals surface area contributed by atoms with E-state index in [-0.39, 0.29) is 6.04 Å². The molecule has 1 aromatic heterocycles. The van der Waals surface area contributed by atoms with Crippen LogP contribution in [0.3, 0.4) is 0 Å². The van der Waals surface area contributed by atoms with Gasteiger partial charge in [0.25, 0.3) is 6.43 Å². The van der Waals surface area contributed by atoms with Gasteiger partial charge in [0.2, 0.25) is 0 Å². The van der Waals surface area contributed by atoms with Crippen molar-refractivity contribution in [1.29, 1.82) is 0 Å². The van der Waals surface area contributed by atoms with Crippen molar-refractivity contribution in [3.8, 4) is 0 Å². The maximum Gasteiger partial charge on any atom is 0.346 e. The molecule has 0 atom stereocenters. The molecule has 1 aliphatic carbocycles. The van der Waals surface area contributed by atoms with Crippen LogP contribution in [0.25, 0.3) is 0 Å². The van der Waals surface area contributed by atoms with E-state index in [4.69, 9.17) is 0 Å². The number of rotatable bonds is 4. The number of hydrogen-bond acceptors (Lipinski definition) is 3. The molecule has 5 nitrogen and oxygen atoms in total. The summed E-state index contributed by atoms with van der Waals surface area (Å²) in [6, 6.07) is 0.0875. The van der Waals surface area contributed by atoms with E-state index in [0.29, 0.717) is 11.7 Å². The van der Waals surface area contributed by atoms with E-state index in [9.17, 15) is 13.6 Å². The molecule has 0 spiro atoms. The average molecular weight is 244 g/mol. The van der Waals surface area contributed by atoms with Crippen LogP contribution in [0, 0.1) is 0 Å². The molecule has 1 N–H and O–H groups in total. The summed E-state index contributed by atoms with van der Waals surface area (Å²) in [4.78, 5) is 12.0. The highest BCUT2D eigenvalue weighted by Gasteiger charge is 2.35. The fourth-order valence-electron chi connectivity index (χ4n) is 2.11. The number of nitrogens with zero attached hydrogens (tertiary/aromatic N) is 3. The van der Waals surface area contributed by atoms with Crippen molar-refractivity contribution in [2.24, 2.45) is 0 Å². The lowest BCUT2D eigenvalue weighted by Gasteiger charge is -2.28. The van der Waals surface area contributed by atoms with Gasteiger partial charge in [0.1, 0.15) is 12.4 Å². The van der Waals surface area contributed by atoms with Gasteiger partial charge in [-0.15, -0.1) is 0 Å². The summed E-state index contributed by atoms with van der Waals surface area (Å²) in [7, 11) is 0. The molecule has 0 bridgehead atoms. The first-order valence-electron chi connectivity index (χ1n) is 5.85. The molecule has 1 aliphatic heterocycles. The molecule has 2 fully saturated rings. The van der Waals surface area contributed by atoms with Gasteiger partial charge in [0.05, 0.1) is 6.04 Å². The second-order valence-electron chi connectivity index (χ2n) is 4.67. The molecule has 1 saturated heterocycles. The summed E-state index contributed by atoms with van der Waals surface area (Å²) in [6.45, 7) is 0.839. The molecule has 3 rings (SSSR count). The lowest BCUT2D eigenvalue weighted by atomic mass is 10.1. The predicted molar refractivity (Wildman–Crippen MR) is 56.4 cm³/mol. The van der Waals surface area contributed by atoms with Gasteiger partial charge in [-0.05, 0) is 12.8 Å². The molecule has 7 heteroatoms. The second kappa shape index (κ2) is 3.90. The Balaban J connectivity index is 1.98. The minimum Gasteiger partial charge on any atom is -0.313 e. The maximum atomic E-state index is 12.3. The van der Waals surface area contributed by atoms with Crippen molar-refractivity contribution in [2.45, 2.75) is 37.8 Å². The van der Waals surface area contributed by atoms with Gasteiger partial charge in [-0.2, -0.15) is 5.10 Å². The Morgan fingerprint density at radius 1 is 1.41 bits per heavy atom. The minimum atomic E-state index is -2.54. The van der Waals surface area contributed by atoms with Gasteiger partial charge in [0.15, 0.2) is 0 Å². The summed E-state index contributed by atoms with van der Waals surface area (Å²) in [6.07, 6.45) is -0.529. The average Bonchev–Trinajstić information content (AvgIpc) is 2.96. The highest BCUT2D eigenvalue weighted by atomic mass is 19.3. The molecule has 94 valence electrons. The first-order valence-corrected chi connectivity index (χ1v) is 5.85. The van der Waals surface area contributed by atoms with E-state index in [1.807, 2.05) is 0 Å². The first-order chi connectivity index (χ1) is 8.16. The zero-order valence-electron chi connectivity index (χ0n) is 9.27. The molecule has 17 heavy (non-hydrogen) atoms. The Kier molecular flexibility index (Phi) is 2.50. The van der Waals surface area contributed by atoms with Crippen molar-refractivity contribution >= 4 is 0 Å². The smallest absolute Gasteiger partial charge is 0.313 e. The van der Waals surface area contributed by atoms with E-state index in [1.165, 1.54) is 0 Å². The van der Waals surface area contributed by atoms with Crippen LogP contribution in [0.4, 0.5) is 8.78 Å². The van der Waals surface area contributed by atoms with Gasteiger partial charge in [-0.1, -0.05) is 0 Å². The van der Waals surface area contributed by atoms with E-state index < -0.39 is 18.7 Å². The Hall–Kier alpha value is -1.24. The minimum absolute atomic E-state index is 0.0875. The molecule has 2 heterocycles. The van der Waals surface area contributed by atoms with Crippen LogP contribution in [0.15, 0.2) is 4.79 Å². The molecule has 1 aromatic rings. The van der Waals surface area contributed by atoms with E-state index in [2.05, 4.69) is 10.4 Å². The maximum absolute atomic E-state index is 12.3. The fraction of sp³-hybridized carbons (Fsp3) is 0.800. The van der Waals surface area contributed by atoms with Gasteiger partial charge in [-0.3, -0.25) is 4.57 Å². The van der Waals surface area contributed by atoms with Crippen molar-refractivity contribution < 1.29 is 8.78 Å². The molecule has 1 saturated carbocycles. The molecule has 0 unspecified atom stereocenters. The summed E-state index contributed by atoms with van der Waals surface area (Å²) in [5.74, 6) is 0.990. The van der Waals surface area contributed by atoms with Gasteiger partial charge >= 0.3 is 5.69 Å². The summed E-state index contributed by atoms with van der Waals surface area (Å²) in [5.41, 5.74) is -0.390. The van der Waals surface area contributed by atoms with Crippen LogP contribution in [0.5, 0.6) is 0 Å². The molecule has 0 aromatic carbocycles. The van der Waals surface area contributed by atoms with Crippen LogP contribution in [-0.2, 0) is 6.54 Å². The molecule has 2 aliphatic rings. The summed E-state index contributed by atoms with van der Waals surface area (Å²) < 4.78 is 27.2. The zero-order valence-corrected chi connectivity index (χ0v) is 9.27. The van der Waals surface area contributed by atoms with E-state index in [0.717, 1.165) is 30.6 Å². The topological polar surface area (TPSA) is 51.9 Å². The van der Waals surface area contributed by atoms with Gasteiger partial charge < -0.3 is 5.32 Å². The number of halogens is 2. The summed E-state index contributed by atoms with van der Waals surface area (Å²) >= 11 is 0. The number of aromatic nitrogens is 3. The fourth-order valence-corrected chi connectivity index (χ4v) is 2.11. The normalized spacial score (nSPS) is 20.9. The monoisotopic (exact) mass is 244 g/mol. The first kappa shape index (κ1) is 10.9.